The molecular weight excluding hydrogens is 334 g/mol. The van der Waals surface area contributed by atoms with Crippen LogP contribution in [0.2, 0.25) is 0 Å². The van der Waals surface area contributed by atoms with E-state index in [2.05, 4.69) is 5.16 Å². The molecular formula is C19H23N3O4. The molecule has 2 aromatic rings. The molecule has 3 rings (SSSR count). The molecule has 7 nitrogen and oxygen atoms in total. The number of nitrogens with zero attached hydrogens (tertiary/aromatic N) is 3. The highest BCUT2D eigenvalue weighted by Gasteiger charge is 2.36. The molecule has 1 fully saturated rings. The summed E-state index contributed by atoms with van der Waals surface area (Å²) >= 11 is 0. The van der Waals surface area contributed by atoms with Crippen molar-refractivity contribution in [2.24, 2.45) is 5.92 Å². The Morgan fingerprint density at radius 1 is 1.35 bits per heavy atom. The van der Waals surface area contributed by atoms with Gasteiger partial charge in [0.05, 0.1) is 12.6 Å². The van der Waals surface area contributed by atoms with Crippen molar-refractivity contribution >= 4 is 12.0 Å². The lowest BCUT2D eigenvalue weighted by molar-refractivity contribution is -0.131. The molecule has 1 aliphatic heterocycles. The number of cyclic esters (lactones) is 1. The van der Waals surface area contributed by atoms with E-state index in [-0.39, 0.29) is 24.4 Å². The van der Waals surface area contributed by atoms with Crippen molar-refractivity contribution in [2.45, 2.75) is 26.4 Å². The normalized spacial score (nSPS) is 16.8. The summed E-state index contributed by atoms with van der Waals surface area (Å²) in [6.07, 6.45) is -0.432. The van der Waals surface area contributed by atoms with Crippen LogP contribution in [0.5, 0.6) is 0 Å². The van der Waals surface area contributed by atoms with Crippen LogP contribution in [0, 0.1) is 5.92 Å². The predicted molar refractivity (Wildman–Crippen MR) is 95.1 cm³/mol. The van der Waals surface area contributed by atoms with Crippen LogP contribution in [0.4, 0.5) is 4.79 Å². The van der Waals surface area contributed by atoms with Crippen molar-refractivity contribution in [3.8, 4) is 11.3 Å². The smallest absolute Gasteiger partial charge is 0.410 e. The van der Waals surface area contributed by atoms with Crippen molar-refractivity contribution in [3.05, 3.63) is 42.1 Å². The van der Waals surface area contributed by atoms with Gasteiger partial charge in [0.15, 0.2) is 5.76 Å². The van der Waals surface area contributed by atoms with E-state index in [0.29, 0.717) is 24.6 Å². The zero-order valence-electron chi connectivity index (χ0n) is 15.2. The Bertz CT molecular complexity index is 772. The van der Waals surface area contributed by atoms with Gasteiger partial charge < -0.3 is 14.2 Å². The number of carbonyl (C=O) groups excluding carboxylic acids is 2. The first-order chi connectivity index (χ1) is 12.5. The summed E-state index contributed by atoms with van der Waals surface area (Å²) in [6.45, 7) is 4.66. The average Bonchev–Trinajstić information content (AvgIpc) is 3.23. The minimum absolute atomic E-state index is 0.00156. The minimum Gasteiger partial charge on any atom is -0.447 e. The molecule has 1 atom stereocenters. The van der Waals surface area contributed by atoms with Crippen molar-refractivity contribution in [3.63, 3.8) is 0 Å². The number of rotatable bonds is 6. The van der Waals surface area contributed by atoms with Crippen LogP contribution in [0.25, 0.3) is 11.3 Å². The number of hydrogen-bond donors (Lipinski definition) is 0. The second-order valence-corrected chi connectivity index (χ2v) is 6.81. The number of benzene rings is 1. The standard InChI is InChI=1S/C19H23N3O4/c1-13(2)16-12-25-19(24)22(16)11-18(23)21(3)10-15-9-17(26-20-15)14-7-5-4-6-8-14/h4-9,13,16H,10-12H2,1-3H3. The quantitative estimate of drug-likeness (QED) is 0.795. The molecule has 0 bridgehead atoms. The fourth-order valence-electron chi connectivity index (χ4n) is 2.92. The van der Waals surface area contributed by atoms with E-state index >= 15 is 0 Å². The second kappa shape index (κ2) is 7.59. The minimum atomic E-state index is -0.432. The molecule has 1 aromatic carbocycles. The average molecular weight is 357 g/mol. The van der Waals surface area contributed by atoms with Crippen LogP contribution in [0.1, 0.15) is 19.5 Å². The van der Waals surface area contributed by atoms with Gasteiger partial charge in [0.1, 0.15) is 18.8 Å². The largest absolute Gasteiger partial charge is 0.447 e. The van der Waals surface area contributed by atoms with E-state index < -0.39 is 6.09 Å². The molecule has 2 amide bonds. The van der Waals surface area contributed by atoms with Gasteiger partial charge in [0.25, 0.3) is 0 Å². The SMILES string of the molecule is CC(C)C1COC(=O)N1CC(=O)N(C)Cc1cc(-c2ccccc2)on1. The van der Waals surface area contributed by atoms with Crippen LogP contribution in [-0.2, 0) is 16.1 Å². The third kappa shape index (κ3) is 3.87. The second-order valence-electron chi connectivity index (χ2n) is 6.81. The van der Waals surface area contributed by atoms with Gasteiger partial charge in [-0.15, -0.1) is 0 Å². The molecule has 0 radical (unpaired) electrons. The molecule has 1 unspecified atom stereocenters. The van der Waals surface area contributed by atoms with E-state index in [4.69, 9.17) is 9.26 Å². The summed E-state index contributed by atoms with van der Waals surface area (Å²) in [4.78, 5) is 27.4. The lowest BCUT2D eigenvalue weighted by Gasteiger charge is -2.25. The van der Waals surface area contributed by atoms with Crippen LogP contribution >= 0.6 is 0 Å². The number of amides is 2. The Morgan fingerprint density at radius 2 is 2.08 bits per heavy atom. The fraction of sp³-hybridized carbons (Fsp3) is 0.421. The highest BCUT2D eigenvalue weighted by Crippen LogP contribution is 2.21. The number of ether oxygens (including phenoxy) is 1. The molecule has 1 saturated heterocycles. The Kier molecular flexibility index (Phi) is 5.25. The number of aromatic nitrogens is 1. The molecule has 138 valence electrons. The number of likely N-dealkylation sites (N-methyl/N-ethyl adjacent to an activating group) is 1. The van der Waals surface area contributed by atoms with Gasteiger partial charge in [-0.05, 0) is 5.92 Å². The molecule has 2 heterocycles. The van der Waals surface area contributed by atoms with Gasteiger partial charge in [0, 0.05) is 18.7 Å². The first-order valence-corrected chi connectivity index (χ1v) is 8.64. The topological polar surface area (TPSA) is 75.9 Å². The first-order valence-electron chi connectivity index (χ1n) is 8.64. The molecule has 26 heavy (non-hydrogen) atoms. The van der Waals surface area contributed by atoms with Crippen LogP contribution < -0.4 is 0 Å². The van der Waals surface area contributed by atoms with Crippen molar-refractivity contribution in [1.82, 2.24) is 15.0 Å². The summed E-state index contributed by atoms with van der Waals surface area (Å²) in [7, 11) is 1.69. The molecule has 1 aromatic heterocycles. The van der Waals surface area contributed by atoms with Gasteiger partial charge >= 0.3 is 6.09 Å². The first kappa shape index (κ1) is 18.0. The maximum Gasteiger partial charge on any atom is 0.410 e. The van der Waals surface area contributed by atoms with E-state index in [1.807, 2.05) is 50.2 Å². The monoisotopic (exact) mass is 357 g/mol. The Hall–Kier alpha value is -2.83. The summed E-state index contributed by atoms with van der Waals surface area (Å²) in [5.41, 5.74) is 1.59. The highest BCUT2D eigenvalue weighted by molar-refractivity contribution is 5.83. The van der Waals surface area contributed by atoms with Crippen LogP contribution in [-0.4, -0.2) is 53.2 Å². The zero-order chi connectivity index (χ0) is 18.7. The number of hydrogen-bond acceptors (Lipinski definition) is 5. The van der Waals surface area contributed by atoms with Gasteiger partial charge in [-0.3, -0.25) is 9.69 Å². The Balaban J connectivity index is 1.61. The van der Waals surface area contributed by atoms with Gasteiger partial charge in [-0.2, -0.15) is 0 Å². The summed E-state index contributed by atoms with van der Waals surface area (Å²) in [5, 5.41) is 4.03. The third-order valence-electron chi connectivity index (χ3n) is 4.53. The van der Waals surface area contributed by atoms with Crippen molar-refractivity contribution < 1.29 is 18.8 Å². The Labute approximate surface area is 152 Å². The zero-order valence-corrected chi connectivity index (χ0v) is 15.2. The van der Waals surface area contributed by atoms with Crippen LogP contribution in [0.3, 0.4) is 0 Å². The van der Waals surface area contributed by atoms with Gasteiger partial charge in [-0.1, -0.05) is 49.3 Å². The van der Waals surface area contributed by atoms with Crippen molar-refractivity contribution in [2.75, 3.05) is 20.2 Å². The highest BCUT2D eigenvalue weighted by atomic mass is 16.6. The maximum atomic E-state index is 12.5. The third-order valence-corrected chi connectivity index (χ3v) is 4.53. The van der Waals surface area contributed by atoms with E-state index in [1.54, 1.807) is 7.05 Å². The van der Waals surface area contributed by atoms with E-state index in [1.165, 1.54) is 9.80 Å². The molecule has 0 N–H and O–H groups in total. The maximum absolute atomic E-state index is 12.5. The lowest BCUT2D eigenvalue weighted by Crippen LogP contribution is -2.44. The van der Waals surface area contributed by atoms with Crippen molar-refractivity contribution in [1.29, 1.82) is 0 Å². The molecule has 0 aliphatic carbocycles. The fourth-order valence-corrected chi connectivity index (χ4v) is 2.92. The number of carbonyl (C=O) groups is 2. The van der Waals surface area contributed by atoms with Crippen LogP contribution in [0.15, 0.2) is 40.9 Å². The summed E-state index contributed by atoms with van der Waals surface area (Å²) < 4.78 is 10.4. The molecule has 0 spiro atoms. The predicted octanol–water partition coefficient (Wildman–Crippen LogP) is 2.78. The lowest BCUT2D eigenvalue weighted by atomic mass is 10.0. The summed E-state index contributed by atoms with van der Waals surface area (Å²) in [6, 6.07) is 11.4. The van der Waals surface area contributed by atoms with E-state index in [9.17, 15) is 9.59 Å². The molecule has 7 heteroatoms. The van der Waals surface area contributed by atoms with Gasteiger partial charge in [0.2, 0.25) is 5.91 Å². The molecule has 1 aliphatic rings. The van der Waals surface area contributed by atoms with Gasteiger partial charge in [-0.25, -0.2) is 4.79 Å². The van der Waals surface area contributed by atoms with E-state index in [0.717, 1.165) is 5.56 Å². The summed E-state index contributed by atoms with van der Waals surface area (Å²) in [5.74, 6) is 0.715. The Morgan fingerprint density at radius 3 is 2.77 bits per heavy atom. The molecule has 0 saturated carbocycles.